The van der Waals surface area contributed by atoms with E-state index in [-0.39, 0.29) is 5.60 Å². The van der Waals surface area contributed by atoms with Gasteiger partial charge in [0.25, 0.3) is 0 Å². The maximum absolute atomic E-state index is 5.75. The Morgan fingerprint density at radius 3 is 2.69 bits per heavy atom. The summed E-state index contributed by atoms with van der Waals surface area (Å²) in [7, 11) is 0. The van der Waals surface area contributed by atoms with E-state index >= 15 is 0 Å². The summed E-state index contributed by atoms with van der Waals surface area (Å²) < 4.78 is 5.75. The first-order valence-corrected chi connectivity index (χ1v) is 7.00. The molecule has 0 bridgehead atoms. The van der Waals surface area contributed by atoms with Crippen LogP contribution in [-0.4, -0.2) is 23.0 Å². The number of hydrogen-bond donors (Lipinski definition) is 0. The normalized spacial score (nSPS) is 21.4. The van der Waals surface area contributed by atoms with Gasteiger partial charge >= 0.3 is 0 Å². The third-order valence-electron chi connectivity index (χ3n) is 2.64. The van der Waals surface area contributed by atoms with E-state index in [1.165, 1.54) is 16.3 Å². The summed E-state index contributed by atoms with van der Waals surface area (Å²) >= 11 is 1.85. The summed E-state index contributed by atoms with van der Waals surface area (Å²) in [5.41, 5.74) is 2.45. The Balaban J connectivity index is 2.85. The van der Waals surface area contributed by atoms with Crippen molar-refractivity contribution in [2.75, 3.05) is 12.4 Å². The van der Waals surface area contributed by atoms with Crippen LogP contribution in [0.15, 0.2) is 16.3 Å². The number of ether oxygens (including phenoxy) is 1. The molecule has 92 valence electrons. The van der Waals surface area contributed by atoms with Crippen LogP contribution >= 0.6 is 11.8 Å². The van der Waals surface area contributed by atoms with E-state index in [0.717, 1.165) is 25.2 Å². The highest BCUT2D eigenvalue weighted by Crippen LogP contribution is 2.30. The van der Waals surface area contributed by atoms with Crippen molar-refractivity contribution in [3.8, 4) is 0 Å². The lowest BCUT2D eigenvalue weighted by molar-refractivity contribution is -0.0146. The minimum absolute atomic E-state index is 0.0614. The van der Waals surface area contributed by atoms with Gasteiger partial charge in [0.2, 0.25) is 0 Å². The van der Waals surface area contributed by atoms with E-state index in [0.29, 0.717) is 0 Å². The Morgan fingerprint density at radius 1 is 1.44 bits per heavy atom. The van der Waals surface area contributed by atoms with Crippen LogP contribution < -0.4 is 0 Å². The van der Waals surface area contributed by atoms with E-state index in [1.807, 2.05) is 11.8 Å². The fourth-order valence-corrected chi connectivity index (χ4v) is 2.37. The van der Waals surface area contributed by atoms with Gasteiger partial charge < -0.3 is 4.74 Å². The maximum atomic E-state index is 5.75. The predicted molar refractivity (Wildman–Crippen MR) is 73.2 cm³/mol. The molecule has 0 unspecified atom stereocenters. The second kappa shape index (κ2) is 5.87. The van der Waals surface area contributed by atoms with Crippen molar-refractivity contribution >= 4 is 16.8 Å². The lowest BCUT2D eigenvalue weighted by Crippen LogP contribution is -2.30. The molecule has 0 spiro atoms. The quantitative estimate of drug-likeness (QED) is 0.550. The fourth-order valence-electron chi connectivity index (χ4n) is 1.66. The minimum Gasteiger partial charge on any atom is -0.371 e. The molecule has 1 aliphatic rings. The molecule has 0 saturated heterocycles. The van der Waals surface area contributed by atoms with Crippen LogP contribution in [0, 0.1) is 0 Å². The van der Waals surface area contributed by atoms with Gasteiger partial charge in [0, 0.05) is 12.1 Å². The topological polar surface area (TPSA) is 21.6 Å². The van der Waals surface area contributed by atoms with E-state index in [9.17, 15) is 0 Å². The first-order chi connectivity index (χ1) is 7.48. The van der Waals surface area contributed by atoms with Gasteiger partial charge in [-0.15, -0.1) is 11.8 Å². The summed E-state index contributed by atoms with van der Waals surface area (Å²) in [5, 5.41) is 1.24. The van der Waals surface area contributed by atoms with Crippen molar-refractivity contribution in [3.05, 3.63) is 11.3 Å². The average molecular weight is 241 g/mol. The van der Waals surface area contributed by atoms with Crippen molar-refractivity contribution in [2.24, 2.45) is 4.99 Å². The zero-order chi connectivity index (χ0) is 12.2. The Bertz CT molecular complexity index is 305. The van der Waals surface area contributed by atoms with Gasteiger partial charge in [-0.1, -0.05) is 13.8 Å². The Labute approximate surface area is 104 Å². The second-order valence-electron chi connectivity index (χ2n) is 4.74. The van der Waals surface area contributed by atoms with Gasteiger partial charge in [0.05, 0.1) is 17.3 Å². The molecule has 0 fully saturated rings. The van der Waals surface area contributed by atoms with Crippen LogP contribution in [-0.2, 0) is 4.74 Å². The lowest BCUT2D eigenvalue weighted by Gasteiger charge is -2.31. The van der Waals surface area contributed by atoms with Gasteiger partial charge in [0.1, 0.15) is 0 Å². The van der Waals surface area contributed by atoms with Gasteiger partial charge in [-0.3, -0.25) is 4.99 Å². The zero-order valence-corrected chi connectivity index (χ0v) is 11.9. The average Bonchev–Trinajstić information content (AvgIpc) is 2.22. The molecule has 0 aromatic rings. The molecule has 3 heteroatoms. The van der Waals surface area contributed by atoms with Gasteiger partial charge in [-0.05, 0) is 38.5 Å². The number of rotatable bonds is 3. The standard InChI is InChI=1S/C13H23NOS/c1-6-12(16-7-2)14-11-8-13(4,5)15-9-10(11)3/h6-9H2,1-5H3. The summed E-state index contributed by atoms with van der Waals surface area (Å²) in [6.45, 7) is 11.4. The number of nitrogens with zero attached hydrogens (tertiary/aromatic N) is 1. The summed E-state index contributed by atoms with van der Waals surface area (Å²) in [4.78, 5) is 4.80. The summed E-state index contributed by atoms with van der Waals surface area (Å²) in [5.74, 6) is 1.10. The largest absolute Gasteiger partial charge is 0.371 e. The Kier molecular flexibility index (Phi) is 5.06. The molecule has 0 N–H and O–H groups in total. The summed E-state index contributed by atoms with van der Waals surface area (Å²) in [6, 6.07) is 0. The molecule has 0 aromatic heterocycles. The first-order valence-electron chi connectivity index (χ1n) is 6.01. The van der Waals surface area contributed by atoms with Crippen LogP contribution in [0.5, 0.6) is 0 Å². The molecule has 2 nitrogen and oxygen atoms in total. The highest BCUT2D eigenvalue weighted by molar-refractivity contribution is 8.13. The third kappa shape index (κ3) is 3.95. The van der Waals surface area contributed by atoms with E-state index < -0.39 is 0 Å². The fraction of sp³-hybridized carbons (Fsp3) is 0.769. The highest BCUT2D eigenvalue weighted by Gasteiger charge is 2.26. The van der Waals surface area contributed by atoms with Crippen LogP contribution in [0.1, 0.15) is 47.5 Å². The Morgan fingerprint density at radius 2 is 2.12 bits per heavy atom. The molecule has 0 aliphatic carbocycles. The van der Waals surface area contributed by atoms with Crippen molar-refractivity contribution in [2.45, 2.75) is 53.1 Å². The molecule has 1 heterocycles. The van der Waals surface area contributed by atoms with E-state index in [4.69, 9.17) is 9.73 Å². The van der Waals surface area contributed by atoms with E-state index in [1.54, 1.807) is 0 Å². The molecular formula is C13H23NOS. The molecule has 0 saturated carbocycles. The zero-order valence-electron chi connectivity index (χ0n) is 11.1. The van der Waals surface area contributed by atoms with Gasteiger partial charge in [-0.2, -0.15) is 0 Å². The first kappa shape index (κ1) is 13.8. The third-order valence-corrected chi connectivity index (χ3v) is 3.64. The molecule has 0 radical (unpaired) electrons. The van der Waals surface area contributed by atoms with Crippen molar-refractivity contribution in [3.63, 3.8) is 0 Å². The van der Waals surface area contributed by atoms with Crippen molar-refractivity contribution in [1.82, 2.24) is 0 Å². The number of thioether (sulfide) groups is 1. The smallest absolute Gasteiger partial charge is 0.0731 e. The molecule has 0 amide bonds. The molecule has 1 aliphatic heterocycles. The lowest BCUT2D eigenvalue weighted by atomic mass is 9.97. The van der Waals surface area contributed by atoms with Crippen LogP contribution in [0.4, 0.5) is 0 Å². The second-order valence-corrected chi connectivity index (χ2v) is 6.08. The molecule has 0 aromatic carbocycles. The molecule has 0 atom stereocenters. The predicted octanol–water partition coefficient (Wildman–Crippen LogP) is 4.02. The van der Waals surface area contributed by atoms with E-state index in [2.05, 4.69) is 34.6 Å². The summed E-state index contributed by atoms with van der Waals surface area (Å²) in [6.07, 6.45) is 1.95. The molecule has 1 rings (SSSR count). The SMILES string of the molecule is CCSC(CC)=NC1=C(C)COC(C)(C)C1. The number of hydrogen-bond acceptors (Lipinski definition) is 3. The van der Waals surface area contributed by atoms with Crippen LogP contribution in [0.25, 0.3) is 0 Å². The monoisotopic (exact) mass is 241 g/mol. The Hall–Kier alpha value is -0.280. The van der Waals surface area contributed by atoms with Gasteiger partial charge in [-0.25, -0.2) is 0 Å². The highest BCUT2D eigenvalue weighted by atomic mass is 32.2. The minimum atomic E-state index is -0.0614. The molecular weight excluding hydrogens is 218 g/mol. The molecule has 16 heavy (non-hydrogen) atoms. The number of aliphatic imine (C=N–C) groups is 1. The van der Waals surface area contributed by atoms with Crippen molar-refractivity contribution < 1.29 is 4.74 Å². The maximum Gasteiger partial charge on any atom is 0.0731 e. The van der Waals surface area contributed by atoms with Crippen LogP contribution in [0.3, 0.4) is 0 Å². The van der Waals surface area contributed by atoms with Crippen molar-refractivity contribution in [1.29, 1.82) is 0 Å². The van der Waals surface area contributed by atoms with Gasteiger partial charge in [0.15, 0.2) is 0 Å². The van der Waals surface area contributed by atoms with Crippen LogP contribution in [0.2, 0.25) is 0 Å².